The van der Waals surface area contributed by atoms with E-state index in [1.54, 1.807) is 12.1 Å². The topological polar surface area (TPSA) is 96.0 Å². The molecule has 0 spiro atoms. The zero-order chi connectivity index (χ0) is 29.6. The van der Waals surface area contributed by atoms with Gasteiger partial charge in [-0.2, -0.15) is 0 Å². The maximum atomic E-state index is 12.7. The number of esters is 3. The highest BCUT2D eigenvalue weighted by molar-refractivity contribution is 5.96. The molecule has 216 valence electrons. The second-order valence-corrected chi connectivity index (χ2v) is 9.87. The van der Waals surface area contributed by atoms with Crippen molar-refractivity contribution in [3.8, 4) is 16.9 Å². The van der Waals surface area contributed by atoms with Gasteiger partial charge in [-0.3, -0.25) is 4.79 Å². The fraction of sp³-hybridized carbons (Fsp3) is 0.353. The highest BCUT2D eigenvalue weighted by atomic mass is 16.6. The van der Waals surface area contributed by atoms with E-state index in [-0.39, 0.29) is 23.7 Å². The van der Waals surface area contributed by atoms with Crippen LogP contribution >= 0.6 is 0 Å². The Kier molecular flexibility index (Phi) is 12.3. The lowest BCUT2D eigenvalue weighted by Crippen LogP contribution is -2.26. The molecule has 0 bridgehead atoms. The van der Waals surface area contributed by atoms with Crippen molar-refractivity contribution in [2.75, 3.05) is 6.61 Å². The molecule has 0 aliphatic heterocycles. The number of ketones is 1. The van der Waals surface area contributed by atoms with E-state index in [2.05, 4.69) is 6.92 Å². The third-order valence-corrected chi connectivity index (χ3v) is 6.58. The Labute approximate surface area is 241 Å². The summed E-state index contributed by atoms with van der Waals surface area (Å²) < 4.78 is 15.7. The molecule has 0 amide bonds. The number of hydrogen-bond donors (Lipinski definition) is 0. The number of Topliss-reactive ketones (excluding diaryl/α,β-unsaturated/α-hetero) is 1. The first-order chi connectivity index (χ1) is 19.8. The SMILES string of the molecule is CCCCCCC(=O)c1ccc(-c2ccc(C(=O)Oc3ccc(C(=O)OC(C)C(=O)OCCCC)cc3)cc2)cc1. The van der Waals surface area contributed by atoms with E-state index >= 15 is 0 Å². The van der Waals surface area contributed by atoms with Crippen LogP contribution < -0.4 is 4.74 Å². The van der Waals surface area contributed by atoms with Crippen molar-refractivity contribution >= 4 is 23.7 Å². The fourth-order valence-corrected chi connectivity index (χ4v) is 4.04. The number of hydrogen-bond acceptors (Lipinski definition) is 7. The van der Waals surface area contributed by atoms with Gasteiger partial charge in [-0.05, 0) is 67.3 Å². The third kappa shape index (κ3) is 9.71. The minimum absolute atomic E-state index is 0.160. The van der Waals surface area contributed by atoms with Gasteiger partial charge in [0.15, 0.2) is 11.9 Å². The van der Waals surface area contributed by atoms with E-state index in [0.717, 1.165) is 49.7 Å². The molecule has 1 unspecified atom stereocenters. The lowest BCUT2D eigenvalue weighted by molar-refractivity contribution is -0.153. The Morgan fingerprint density at radius 1 is 0.634 bits per heavy atom. The number of ether oxygens (including phenoxy) is 3. The Bertz CT molecular complexity index is 1290. The van der Waals surface area contributed by atoms with Gasteiger partial charge in [0.05, 0.1) is 17.7 Å². The van der Waals surface area contributed by atoms with Crippen LogP contribution in [0.3, 0.4) is 0 Å². The Hall–Kier alpha value is -4.26. The molecule has 0 aromatic heterocycles. The van der Waals surface area contributed by atoms with E-state index in [1.807, 2.05) is 43.3 Å². The maximum absolute atomic E-state index is 12.7. The van der Waals surface area contributed by atoms with Crippen LogP contribution in [0.2, 0.25) is 0 Å². The molecular weight excluding hydrogens is 520 g/mol. The van der Waals surface area contributed by atoms with E-state index in [9.17, 15) is 19.2 Å². The minimum atomic E-state index is -1.03. The molecule has 1 atom stereocenters. The molecule has 3 rings (SSSR count). The van der Waals surface area contributed by atoms with E-state index < -0.39 is 24.0 Å². The molecule has 3 aromatic carbocycles. The van der Waals surface area contributed by atoms with Crippen molar-refractivity contribution in [2.45, 2.75) is 71.8 Å². The molecule has 41 heavy (non-hydrogen) atoms. The van der Waals surface area contributed by atoms with Gasteiger partial charge >= 0.3 is 17.9 Å². The second kappa shape index (κ2) is 16.1. The number of benzene rings is 3. The predicted molar refractivity (Wildman–Crippen MR) is 157 cm³/mol. The van der Waals surface area contributed by atoms with Crippen LogP contribution in [0, 0.1) is 0 Å². The van der Waals surface area contributed by atoms with Gasteiger partial charge in [0.1, 0.15) is 5.75 Å². The quantitative estimate of drug-likeness (QED) is 0.0819. The van der Waals surface area contributed by atoms with Crippen molar-refractivity contribution in [2.24, 2.45) is 0 Å². The number of carbonyl (C=O) groups is 4. The van der Waals surface area contributed by atoms with Crippen molar-refractivity contribution in [3.63, 3.8) is 0 Å². The zero-order valence-corrected chi connectivity index (χ0v) is 24.0. The number of rotatable bonds is 15. The van der Waals surface area contributed by atoms with Crippen molar-refractivity contribution < 1.29 is 33.4 Å². The fourth-order valence-electron chi connectivity index (χ4n) is 4.04. The molecule has 0 saturated carbocycles. The van der Waals surface area contributed by atoms with Gasteiger partial charge in [-0.15, -0.1) is 0 Å². The molecule has 0 heterocycles. The van der Waals surface area contributed by atoms with Crippen LogP contribution in [-0.4, -0.2) is 36.4 Å². The first kappa shape index (κ1) is 31.3. The summed E-state index contributed by atoms with van der Waals surface area (Å²) in [6, 6.07) is 20.4. The predicted octanol–water partition coefficient (Wildman–Crippen LogP) is 7.61. The summed E-state index contributed by atoms with van der Waals surface area (Å²) in [6.45, 7) is 5.88. The molecular formula is C34H38O7. The Balaban J connectivity index is 1.52. The summed E-state index contributed by atoms with van der Waals surface area (Å²) in [5.74, 6) is -1.39. The van der Waals surface area contributed by atoms with Gasteiger partial charge in [-0.25, -0.2) is 14.4 Å². The summed E-state index contributed by atoms with van der Waals surface area (Å²) in [7, 11) is 0. The van der Waals surface area contributed by atoms with Crippen molar-refractivity contribution in [1.29, 1.82) is 0 Å². The lowest BCUT2D eigenvalue weighted by atomic mass is 9.99. The molecule has 3 aromatic rings. The summed E-state index contributed by atoms with van der Waals surface area (Å²) in [6.07, 6.45) is 5.46. The number of carbonyl (C=O) groups excluding carboxylic acids is 4. The summed E-state index contributed by atoms with van der Waals surface area (Å²) in [5.41, 5.74) is 3.15. The second-order valence-electron chi connectivity index (χ2n) is 9.87. The summed E-state index contributed by atoms with van der Waals surface area (Å²) in [4.78, 5) is 49.3. The zero-order valence-electron chi connectivity index (χ0n) is 24.0. The average molecular weight is 559 g/mol. The summed E-state index contributed by atoms with van der Waals surface area (Å²) in [5, 5.41) is 0. The van der Waals surface area contributed by atoms with E-state index in [4.69, 9.17) is 14.2 Å². The molecule has 0 fully saturated rings. The Morgan fingerprint density at radius 3 is 1.76 bits per heavy atom. The molecule has 0 saturated heterocycles. The van der Waals surface area contributed by atoms with Crippen LogP contribution in [0.4, 0.5) is 0 Å². The maximum Gasteiger partial charge on any atom is 0.347 e. The van der Waals surface area contributed by atoms with E-state index in [0.29, 0.717) is 17.5 Å². The monoisotopic (exact) mass is 558 g/mol. The van der Waals surface area contributed by atoms with Gasteiger partial charge in [0.25, 0.3) is 0 Å². The molecule has 0 radical (unpaired) electrons. The van der Waals surface area contributed by atoms with Gasteiger partial charge in [0, 0.05) is 12.0 Å². The largest absolute Gasteiger partial charge is 0.463 e. The van der Waals surface area contributed by atoms with Crippen LogP contribution in [0.1, 0.15) is 96.8 Å². The molecule has 0 aliphatic rings. The molecule has 0 N–H and O–H groups in total. The Morgan fingerprint density at radius 2 is 1.17 bits per heavy atom. The summed E-state index contributed by atoms with van der Waals surface area (Å²) >= 11 is 0. The van der Waals surface area contributed by atoms with Crippen LogP contribution in [0.15, 0.2) is 72.8 Å². The van der Waals surface area contributed by atoms with Crippen LogP contribution in [0.25, 0.3) is 11.1 Å². The number of unbranched alkanes of at least 4 members (excludes halogenated alkanes) is 4. The smallest absolute Gasteiger partial charge is 0.347 e. The highest BCUT2D eigenvalue weighted by Gasteiger charge is 2.20. The van der Waals surface area contributed by atoms with Gasteiger partial charge < -0.3 is 14.2 Å². The molecule has 7 heteroatoms. The van der Waals surface area contributed by atoms with Crippen LogP contribution in [0.5, 0.6) is 5.75 Å². The first-order valence-electron chi connectivity index (χ1n) is 14.3. The highest BCUT2D eigenvalue weighted by Crippen LogP contribution is 2.22. The van der Waals surface area contributed by atoms with Crippen molar-refractivity contribution in [1.82, 2.24) is 0 Å². The molecule has 7 nitrogen and oxygen atoms in total. The van der Waals surface area contributed by atoms with Crippen LogP contribution in [-0.2, 0) is 14.3 Å². The lowest BCUT2D eigenvalue weighted by Gasteiger charge is -2.13. The third-order valence-electron chi connectivity index (χ3n) is 6.58. The first-order valence-corrected chi connectivity index (χ1v) is 14.3. The standard InChI is InChI=1S/C34H38O7/c1-4-6-8-9-10-31(35)27-15-11-25(12-16-27)26-13-17-28(18-14-26)34(38)41-30-21-19-29(20-22-30)33(37)40-24(3)32(36)39-23-7-5-2/h11-22,24H,4-10,23H2,1-3H3. The van der Waals surface area contributed by atoms with Crippen molar-refractivity contribution in [3.05, 3.63) is 89.5 Å². The molecule has 0 aliphatic carbocycles. The van der Waals surface area contributed by atoms with E-state index in [1.165, 1.54) is 31.2 Å². The average Bonchev–Trinajstić information content (AvgIpc) is 2.99. The minimum Gasteiger partial charge on any atom is -0.463 e. The van der Waals surface area contributed by atoms with Gasteiger partial charge in [-0.1, -0.05) is 75.9 Å². The van der Waals surface area contributed by atoms with Gasteiger partial charge in [0.2, 0.25) is 0 Å². The normalized spacial score (nSPS) is 11.4.